The number of rotatable bonds is 6. The number of hydrogen-bond acceptors (Lipinski definition) is 4. The summed E-state index contributed by atoms with van der Waals surface area (Å²) in [6.45, 7) is 5.66. The number of nitrogens with zero attached hydrogens (tertiary/aromatic N) is 3. The molecule has 1 atom stereocenters. The van der Waals surface area contributed by atoms with Crippen molar-refractivity contribution in [3.05, 3.63) is 71.8 Å². The number of carbonyl (C=O) groups is 1. The van der Waals surface area contributed by atoms with E-state index < -0.39 is 0 Å². The van der Waals surface area contributed by atoms with E-state index in [1.165, 1.54) is 11.1 Å². The lowest BCUT2D eigenvalue weighted by molar-refractivity contribution is 0.0670. The van der Waals surface area contributed by atoms with Crippen LogP contribution in [0.3, 0.4) is 0 Å². The molecule has 0 N–H and O–H groups in total. The van der Waals surface area contributed by atoms with Crippen molar-refractivity contribution in [3.63, 3.8) is 0 Å². The molecule has 0 aromatic heterocycles. The number of ether oxygens (including phenoxy) is 1. The van der Waals surface area contributed by atoms with Crippen LogP contribution >= 0.6 is 0 Å². The van der Waals surface area contributed by atoms with Gasteiger partial charge in [-0.2, -0.15) is 0 Å². The van der Waals surface area contributed by atoms with Gasteiger partial charge in [-0.25, -0.2) is 4.79 Å². The molecule has 2 aliphatic heterocycles. The van der Waals surface area contributed by atoms with E-state index in [-0.39, 0.29) is 18.2 Å². The molecule has 3 aliphatic rings. The lowest BCUT2D eigenvalue weighted by atomic mass is 9.96. The highest BCUT2D eigenvalue weighted by atomic mass is 16.6. The molecule has 0 radical (unpaired) electrons. The quantitative estimate of drug-likeness (QED) is 0.756. The van der Waals surface area contributed by atoms with Crippen LogP contribution in [0.15, 0.2) is 60.7 Å². The molecule has 5 heteroatoms. The molecule has 2 aromatic rings. The first kappa shape index (κ1) is 18.6. The molecule has 5 rings (SSSR count). The van der Waals surface area contributed by atoms with Gasteiger partial charge >= 0.3 is 6.09 Å². The van der Waals surface area contributed by atoms with Gasteiger partial charge in [0.25, 0.3) is 0 Å². The minimum Gasteiger partial charge on any atom is -0.443 e. The van der Waals surface area contributed by atoms with Crippen molar-refractivity contribution in [2.45, 2.75) is 31.0 Å². The summed E-state index contributed by atoms with van der Waals surface area (Å²) in [4.78, 5) is 19.0. The topological polar surface area (TPSA) is 36.0 Å². The monoisotopic (exact) mass is 391 g/mol. The van der Waals surface area contributed by atoms with E-state index in [9.17, 15) is 4.79 Å². The van der Waals surface area contributed by atoms with Gasteiger partial charge in [0.15, 0.2) is 0 Å². The van der Waals surface area contributed by atoms with Crippen LogP contribution in [0.5, 0.6) is 0 Å². The van der Waals surface area contributed by atoms with Gasteiger partial charge in [0.2, 0.25) is 0 Å². The van der Waals surface area contributed by atoms with Crippen molar-refractivity contribution in [1.29, 1.82) is 0 Å². The Labute approximate surface area is 172 Å². The third kappa shape index (κ3) is 4.16. The predicted octanol–water partition coefficient (Wildman–Crippen LogP) is 3.38. The minimum atomic E-state index is -0.107. The summed E-state index contributed by atoms with van der Waals surface area (Å²) in [7, 11) is 0. The molecule has 1 amide bonds. The molecule has 29 heavy (non-hydrogen) atoms. The predicted molar refractivity (Wildman–Crippen MR) is 113 cm³/mol. The lowest BCUT2D eigenvalue weighted by Crippen LogP contribution is -2.50. The summed E-state index contributed by atoms with van der Waals surface area (Å²) in [5, 5.41) is 0. The fraction of sp³-hybridized carbons (Fsp3) is 0.458. The fourth-order valence-corrected chi connectivity index (χ4v) is 4.70. The van der Waals surface area contributed by atoms with E-state index in [4.69, 9.17) is 4.74 Å². The zero-order valence-corrected chi connectivity index (χ0v) is 16.8. The maximum Gasteiger partial charge on any atom is 0.410 e. The molecule has 2 heterocycles. The van der Waals surface area contributed by atoms with Gasteiger partial charge in [0.1, 0.15) is 6.10 Å². The number of amides is 1. The highest BCUT2D eigenvalue weighted by Gasteiger charge is 2.41. The van der Waals surface area contributed by atoms with E-state index in [1.54, 1.807) is 0 Å². The maximum atomic E-state index is 12.0. The molecule has 2 saturated heterocycles. The summed E-state index contributed by atoms with van der Waals surface area (Å²) in [6.07, 6.45) is 2.19. The van der Waals surface area contributed by atoms with Crippen molar-refractivity contribution in [1.82, 2.24) is 14.7 Å². The smallest absolute Gasteiger partial charge is 0.410 e. The van der Waals surface area contributed by atoms with Crippen LogP contribution in [-0.2, 0) is 4.74 Å². The number of hydrogen-bond donors (Lipinski definition) is 0. The van der Waals surface area contributed by atoms with Crippen LogP contribution in [0.4, 0.5) is 4.79 Å². The van der Waals surface area contributed by atoms with Crippen molar-refractivity contribution in [2.24, 2.45) is 0 Å². The first-order valence-corrected chi connectivity index (χ1v) is 10.8. The average Bonchev–Trinajstić information content (AvgIpc) is 3.54. The van der Waals surface area contributed by atoms with Crippen LogP contribution in [0.25, 0.3) is 0 Å². The normalized spacial score (nSPS) is 23.6. The van der Waals surface area contributed by atoms with Gasteiger partial charge in [-0.05, 0) is 24.0 Å². The fourth-order valence-electron chi connectivity index (χ4n) is 4.70. The van der Waals surface area contributed by atoms with Crippen molar-refractivity contribution < 1.29 is 9.53 Å². The second-order valence-corrected chi connectivity index (χ2v) is 8.45. The van der Waals surface area contributed by atoms with Crippen LogP contribution in [0, 0.1) is 0 Å². The van der Waals surface area contributed by atoms with Crippen molar-refractivity contribution >= 4 is 6.09 Å². The molecule has 152 valence electrons. The molecule has 1 aliphatic carbocycles. The number of benzene rings is 2. The third-order valence-electron chi connectivity index (χ3n) is 6.35. The van der Waals surface area contributed by atoms with Crippen LogP contribution < -0.4 is 0 Å². The highest BCUT2D eigenvalue weighted by Crippen LogP contribution is 2.32. The Hall–Kier alpha value is -2.37. The molecule has 3 fully saturated rings. The van der Waals surface area contributed by atoms with Crippen LogP contribution in [0.1, 0.15) is 30.0 Å². The molecule has 1 unspecified atom stereocenters. The summed E-state index contributed by atoms with van der Waals surface area (Å²) in [5.74, 6) is 0. The number of carbonyl (C=O) groups excluding carboxylic acids is 1. The Morgan fingerprint density at radius 3 is 2.00 bits per heavy atom. The van der Waals surface area contributed by atoms with Crippen molar-refractivity contribution in [2.75, 3.05) is 39.3 Å². The second kappa shape index (κ2) is 8.17. The van der Waals surface area contributed by atoms with Gasteiger partial charge in [-0.15, -0.1) is 0 Å². The number of piperazine rings is 1. The highest BCUT2D eigenvalue weighted by molar-refractivity contribution is 5.70. The summed E-state index contributed by atoms with van der Waals surface area (Å²) < 4.78 is 5.62. The Morgan fingerprint density at radius 2 is 1.45 bits per heavy atom. The van der Waals surface area contributed by atoms with E-state index >= 15 is 0 Å². The molecule has 2 aromatic carbocycles. The minimum absolute atomic E-state index is 0.0219. The first-order chi connectivity index (χ1) is 14.3. The standard InChI is InChI=1S/C24H29N3O2/c28-24-27(21-11-12-21)18-22(29-24)17-25-13-15-26(16-14-25)23(19-7-3-1-4-8-19)20-9-5-2-6-10-20/h1-10,21-23H,11-18H2. The Morgan fingerprint density at radius 1 is 0.862 bits per heavy atom. The summed E-state index contributed by atoms with van der Waals surface area (Å²) >= 11 is 0. The van der Waals surface area contributed by atoms with Gasteiger partial charge < -0.3 is 9.64 Å². The van der Waals surface area contributed by atoms with E-state index in [2.05, 4.69) is 70.5 Å². The lowest BCUT2D eigenvalue weighted by Gasteiger charge is -2.40. The third-order valence-corrected chi connectivity index (χ3v) is 6.35. The number of cyclic esters (lactones) is 1. The molecular formula is C24H29N3O2. The molecule has 0 spiro atoms. The Balaban J connectivity index is 1.22. The van der Waals surface area contributed by atoms with Gasteiger partial charge in [0.05, 0.1) is 12.6 Å². The van der Waals surface area contributed by atoms with Crippen molar-refractivity contribution in [3.8, 4) is 0 Å². The molecule has 1 saturated carbocycles. The molecular weight excluding hydrogens is 362 g/mol. The summed E-state index contributed by atoms with van der Waals surface area (Å²) in [5.41, 5.74) is 2.69. The van der Waals surface area contributed by atoms with Gasteiger partial charge in [-0.3, -0.25) is 9.80 Å². The van der Waals surface area contributed by atoms with E-state index in [0.717, 1.165) is 52.1 Å². The molecule has 0 bridgehead atoms. The van der Waals surface area contributed by atoms with E-state index in [1.807, 2.05) is 4.90 Å². The summed E-state index contributed by atoms with van der Waals surface area (Å²) in [6, 6.07) is 22.3. The average molecular weight is 392 g/mol. The largest absolute Gasteiger partial charge is 0.443 e. The Kier molecular flexibility index (Phi) is 5.25. The second-order valence-electron chi connectivity index (χ2n) is 8.45. The molecule has 5 nitrogen and oxygen atoms in total. The van der Waals surface area contributed by atoms with Gasteiger partial charge in [-0.1, -0.05) is 60.7 Å². The van der Waals surface area contributed by atoms with Crippen LogP contribution in [-0.4, -0.2) is 72.2 Å². The van der Waals surface area contributed by atoms with Gasteiger partial charge in [0, 0.05) is 38.8 Å². The Bertz CT molecular complexity index is 777. The first-order valence-electron chi connectivity index (χ1n) is 10.8. The maximum absolute atomic E-state index is 12.0. The van der Waals surface area contributed by atoms with E-state index in [0.29, 0.717) is 6.04 Å². The zero-order chi connectivity index (χ0) is 19.6. The van der Waals surface area contributed by atoms with Crippen LogP contribution in [0.2, 0.25) is 0 Å². The zero-order valence-electron chi connectivity index (χ0n) is 16.8. The SMILES string of the molecule is O=C1OC(CN2CCN(C(c3ccccc3)c3ccccc3)CC2)CN1C1CC1.